The highest BCUT2D eigenvalue weighted by molar-refractivity contribution is 6.36. The van der Waals surface area contributed by atoms with Crippen molar-refractivity contribution in [3.8, 4) is 0 Å². The predicted molar refractivity (Wildman–Crippen MR) is 120 cm³/mol. The molecule has 6 heteroatoms. The van der Waals surface area contributed by atoms with Crippen molar-refractivity contribution in [3.63, 3.8) is 0 Å². The molecule has 0 fully saturated rings. The van der Waals surface area contributed by atoms with Crippen molar-refractivity contribution in [2.24, 2.45) is 0 Å². The fraction of sp³-hybridized carbons (Fsp3) is 0.120. The molecule has 2 amide bonds. The Balaban J connectivity index is 1.75. The van der Waals surface area contributed by atoms with E-state index < -0.39 is 17.6 Å². The van der Waals surface area contributed by atoms with Gasteiger partial charge in [0.25, 0.3) is 11.8 Å². The van der Waals surface area contributed by atoms with Crippen LogP contribution in [-0.4, -0.2) is 16.7 Å². The van der Waals surface area contributed by atoms with Crippen LogP contribution in [0.2, 0.25) is 5.02 Å². The number of carbonyl (C=O) groups excluding carboxylic acids is 2. The maximum Gasteiger partial charge on any atom is 0.278 e. The lowest BCUT2D eigenvalue weighted by Crippen LogP contribution is -2.32. The molecule has 0 bridgehead atoms. The molecule has 0 atom stereocenters. The number of nitrogens with zero attached hydrogens (tertiary/aromatic N) is 1. The summed E-state index contributed by atoms with van der Waals surface area (Å²) in [5, 5.41) is 3.72. The molecule has 0 saturated carbocycles. The van der Waals surface area contributed by atoms with Gasteiger partial charge in [0, 0.05) is 10.7 Å². The number of imide groups is 1. The van der Waals surface area contributed by atoms with Gasteiger partial charge in [0.15, 0.2) is 0 Å². The zero-order valence-electron chi connectivity index (χ0n) is 17.1. The summed E-state index contributed by atoms with van der Waals surface area (Å²) in [4.78, 5) is 27.8. The maximum atomic E-state index is 13.5. The van der Waals surface area contributed by atoms with E-state index in [-0.39, 0.29) is 17.8 Å². The van der Waals surface area contributed by atoms with Crippen molar-refractivity contribution >= 4 is 34.7 Å². The van der Waals surface area contributed by atoms with Gasteiger partial charge < -0.3 is 5.32 Å². The zero-order valence-corrected chi connectivity index (χ0v) is 17.8. The highest BCUT2D eigenvalue weighted by Crippen LogP contribution is 2.32. The molecule has 4 nitrogen and oxygen atoms in total. The number of hydrogen-bond donors (Lipinski definition) is 1. The van der Waals surface area contributed by atoms with Crippen LogP contribution in [0.25, 0.3) is 5.57 Å². The molecule has 0 aromatic heterocycles. The third-order valence-corrected chi connectivity index (χ3v) is 5.30. The molecule has 0 aliphatic carbocycles. The number of hydrogen-bond acceptors (Lipinski definition) is 3. The standard InChI is InChI=1S/C25H20ClFN2O2/c1-15-11-16(2)13-21(12-15)28-23-22(18-5-9-20(27)10-6-18)24(30)29(25(23)31)14-17-3-7-19(26)8-4-17/h3-13,28H,14H2,1-2H3. The van der Waals surface area contributed by atoms with Gasteiger partial charge in [0.2, 0.25) is 0 Å². The van der Waals surface area contributed by atoms with Gasteiger partial charge in [0.05, 0.1) is 12.1 Å². The molecule has 31 heavy (non-hydrogen) atoms. The molecule has 0 saturated heterocycles. The van der Waals surface area contributed by atoms with Gasteiger partial charge in [-0.1, -0.05) is 41.9 Å². The highest BCUT2D eigenvalue weighted by atomic mass is 35.5. The first-order valence-electron chi connectivity index (χ1n) is 9.78. The molecule has 0 spiro atoms. The van der Waals surface area contributed by atoms with Gasteiger partial charge in [-0.2, -0.15) is 0 Å². The predicted octanol–water partition coefficient (Wildman–Crippen LogP) is 5.49. The number of carbonyl (C=O) groups is 2. The van der Waals surface area contributed by atoms with E-state index in [4.69, 9.17) is 11.6 Å². The van der Waals surface area contributed by atoms with E-state index in [0.717, 1.165) is 16.7 Å². The van der Waals surface area contributed by atoms with E-state index >= 15 is 0 Å². The Bertz CT molecular complexity index is 1180. The average Bonchev–Trinajstić information content (AvgIpc) is 2.94. The molecular formula is C25H20ClFN2O2. The summed E-state index contributed by atoms with van der Waals surface area (Å²) in [7, 11) is 0. The fourth-order valence-electron chi connectivity index (χ4n) is 3.68. The van der Waals surface area contributed by atoms with Crippen LogP contribution < -0.4 is 5.32 Å². The molecule has 3 aromatic carbocycles. The van der Waals surface area contributed by atoms with Crippen LogP contribution in [0.15, 0.2) is 72.4 Å². The van der Waals surface area contributed by atoms with Gasteiger partial charge in [-0.3, -0.25) is 14.5 Å². The SMILES string of the molecule is Cc1cc(C)cc(NC2=C(c3ccc(F)cc3)C(=O)N(Cc3ccc(Cl)cc3)C2=O)c1. The molecular weight excluding hydrogens is 415 g/mol. The minimum Gasteiger partial charge on any atom is -0.350 e. The molecule has 3 aromatic rings. The first-order chi connectivity index (χ1) is 14.8. The van der Waals surface area contributed by atoms with Crippen molar-refractivity contribution in [2.45, 2.75) is 20.4 Å². The number of benzene rings is 3. The first-order valence-corrected chi connectivity index (χ1v) is 10.2. The summed E-state index contributed by atoms with van der Waals surface area (Å²) < 4.78 is 13.5. The summed E-state index contributed by atoms with van der Waals surface area (Å²) in [5.41, 5.74) is 4.42. The van der Waals surface area contributed by atoms with E-state index in [9.17, 15) is 14.0 Å². The molecule has 1 aliphatic rings. The Morgan fingerprint density at radius 1 is 0.871 bits per heavy atom. The van der Waals surface area contributed by atoms with Crippen molar-refractivity contribution in [3.05, 3.63) is 106 Å². The number of amides is 2. The number of halogens is 2. The maximum absolute atomic E-state index is 13.5. The normalized spacial score (nSPS) is 13.9. The van der Waals surface area contributed by atoms with Gasteiger partial charge in [-0.05, 0) is 72.5 Å². The molecule has 4 rings (SSSR count). The minimum atomic E-state index is -0.432. The van der Waals surface area contributed by atoms with E-state index in [1.54, 1.807) is 24.3 Å². The van der Waals surface area contributed by atoms with Gasteiger partial charge >= 0.3 is 0 Å². The van der Waals surface area contributed by atoms with Crippen molar-refractivity contribution in [1.82, 2.24) is 4.90 Å². The Hall–Kier alpha value is -3.44. The van der Waals surface area contributed by atoms with Gasteiger partial charge in [0.1, 0.15) is 11.5 Å². The van der Waals surface area contributed by atoms with Crippen LogP contribution in [0.1, 0.15) is 22.3 Å². The van der Waals surface area contributed by atoms with Crippen LogP contribution in [0.3, 0.4) is 0 Å². The molecule has 1 N–H and O–H groups in total. The van der Waals surface area contributed by atoms with Crippen LogP contribution >= 0.6 is 11.6 Å². The van der Waals surface area contributed by atoms with E-state index in [1.165, 1.54) is 29.2 Å². The Labute approximate surface area is 185 Å². The number of rotatable bonds is 5. The molecule has 1 aliphatic heterocycles. The monoisotopic (exact) mass is 434 g/mol. The smallest absolute Gasteiger partial charge is 0.278 e. The quantitative estimate of drug-likeness (QED) is 0.540. The van der Waals surface area contributed by atoms with Crippen molar-refractivity contribution in [2.75, 3.05) is 5.32 Å². The Morgan fingerprint density at radius 3 is 2.10 bits per heavy atom. The fourth-order valence-corrected chi connectivity index (χ4v) is 3.81. The van der Waals surface area contributed by atoms with E-state index in [1.807, 2.05) is 32.0 Å². The van der Waals surface area contributed by atoms with E-state index in [0.29, 0.717) is 16.3 Å². The van der Waals surface area contributed by atoms with E-state index in [2.05, 4.69) is 5.32 Å². The first kappa shape index (κ1) is 20.8. The van der Waals surface area contributed by atoms with Gasteiger partial charge in [-0.15, -0.1) is 0 Å². The lowest BCUT2D eigenvalue weighted by Gasteiger charge is -2.15. The van der Waals surface area contributed by atoms with Crippen LogP contribution in [-0.2, 0) is 16.1 Å². The van der Waals surface area contributed by atoms with Crippen LogP contribution in [0.4, 0.5) is 10.1 Å². The largest absolute Gasteiger partial charge is 0.350 e. The second kappa shape index (κ2) is 8.36. The van der Waals surface area contributed by atoms with Crippen LogP contribution in [0, 0.1) is 19.7 Å². The summed E-state index contributed by atoms with van der Waals surface area (Å²) in [6.07, 6.45) is 0. The number of aryl methyl sites for hydroxylation is 2. The molecule has 0 unspecified atom stereocenters. The van der Waals surface area contributed by atoms with Crippen molar-refractivity contribution < 1.29 is 14.0 Å². The second-order valence-corrected chi connectivity index (χ2v) is 8.02. The summed E-state index contributed by atoms with van der Waals surface area (Å²) in [5.74, 6) is -1.28. The lowest BCUT2D eigenvalue weighted by atomic mass is 10.0. The topological polar surface area (TPSA) is 49.4 Å². The average molecular weight is 435 g/mol. The third kappa shape index (κ3) is 4.37. The Morgan fingerprint density at radius 2 is 1.48 bits per heavy atom. The third-order valence-electron chi connectivity index (χ3n) is 5.05. The zero-order chi connectivity index (χ0) is 22.1. The molecule has 0 radical (unpaired) electrons. The molecule has 1 heterocycles. The number of anilines is 1. The van der Waals surface area contributed by atoms with Crippen LogP contribution in [0.5, 0.6) is 0 Å². The second-order valence-electron chi connectivity index (χ2n) is 7.58. The molecule has 156 valence electrons. The Kier molecular flexibility index (Phi) is 5.61. The summed E-state index contributed by atoms with van der Waals surface area (Å²) in [6, 6.07) is 18.4. The number of nitrogens with one attached hydrogen (secondary N) is 1. The minimum absolute atomic E-state index is 0.109. The highest BCUT2D eigenvalue weighted by Gasteiger charge is 2.39. The summed E-state index contributed by atoms with van der Waals surface area (Å²) in [6.45, 7) is 4.03. The lowest BCUT2D eigenvalue weighted by molar-refractivity contribution is -0.137. The van der Waals surface area contributed by atoms with Crippen molar-refractivity contribution in [1.29, 1.82) is 0 Å². The van der Waals surface area contributed by atoms with Gasteiger partial charge in [-0.25, -0.2) is 4.39 Å². The summed E-state index contributed by atoms with van der Waals surface area (Å²) >= 11 is 5.94.